The summed E-state index contributed by atoms with van der Waals surface area (Å²) in [6.45, 7) is 0. The Balaban J connectivity index is 1.52. The van der Waals surface area contributed by atoms with Crippen LogP contribution < -0.4 is 10.6 Å². The molecule has 1 heterocycles. The van der Waals surface area contributed by atoms with Gasteiger partial charge in [0.1, 0.15) is 0 Å². The van der Waals surface area contributed by atoms with E-state index in [4.69, 9.17) is 16.1 Å². The number of aromatic nitrogens is 1. The molecule has 2 aromatic carbocycles. The number of nitrogens with zero attached hydrogens (tertiary/aromatic N) is 1. The molecule has 1 fully saturated rings. The van der Waals surface area contributed by atoms with Gasteiger partial charge in [0.25, 0.3) is 11.8 Å². The number of amides is 2. The molecule has 0 saturated heterocycles. The number of carbonyl (C=O) groups is 2. The van der Waals surface area contributed by atoms with Crippen molar-refractivity contribution in [3.05, 3.63) is 70.9 Å². The number of para-hydroxylation sites is 1. The van der Waals surface area contributed by atoms with Gasteiger partial charge in [0.15, 0.2) is 11.5 Å². The first-order valence-electron chi connectivity index (χ1n) is 8.54. The summed E-state index contributed by atoms with van der Waals surface area (Å²) in [7, 11) is 0. The highest BCUT2D eigenvalue weighted by Crippen LogP contribution is 2.25. The molecule has 0 aliphatic heterocycles. The minimum Gasteiger partial charge on any atom is -0.355 e. The third-order valence-corrected chi connectivity index (χ3v) is 4.42. The van der Waals surface area contributed by atoms with E-state index in [0.29, 0.717) is 22.0 Å². The van der Waals surface area contributed by atoms with Gasteiger partial charge in [-0.3, -0.25) is 9.59 Å². The number of rotatable bonds is 5. The predicted octanol–water partition coefficient (Wildman–Crippen LogP) is 4.14. The maximum atomic E-state index is 12.5. The molecule has 27 heavy (non-hydrogen) atoms. The van der Waals surface area contributed by atoms with Crippen molar-refractivity contribution in [3.8, 4) is 11.3 Å². The monoisotopic (exact) mass is 381 g/mol. The van der Waals surface area contributed by atoms with E-state index in [9.17, 15) is 9.59 Å². The van der Waals surface area contributed by atoms with E-state index in [1.165, 1.54) is 6.07 Å². The number of benzene rings is 2. The number of nitrogens with one attached hydrogen (secondary N) is 2. The summed E-state index contributed by atoms with van der Waals surface area (Å²) < 4.78 is 5.25. The second kappa shape index (κ2) is 7.25. The van der Waals surface area contributed by atoms with Crippen LogP contribution in [0.2, 0.25) is 5.02 Å². The Morgan fingerprint density at radius 1 is 1.04 bits per heavy atom. The Hall–Kier alpha value is -3.12. The largest absolute Gasteiger partial charge is 0.355 e. The van der Waals surface area contributed by atoms with Crippen molar-refractivity contribution in [1.82, 2.24) is 10.5 Å². The van der Waals surface area contributed by atoms with E-state index >= 15 is 0 Å². The van der Waals surface area contributed by atoms with Crippen molar-refractivity contribution < 1.29 is 14.1 Å². The summed E-state index contributed by atoms with van der Waals surface area (Å²) >= 11 is 5.98. The molecule has 0 unspecified atom stereocenters. The standard InChI is InChI=1S/C20H16ClN3O3/c21-13-5-3-4-12(10-13)18-11-17(24-27-18)20(26)23-16-7-2-1-6-15(16)19(25)22-14-8-9-14/h1-7,10-11,14H,8-9H2,(H,22,25)(H,23,26). The van der Waals surface area contributed by atoms with Crippen LogP contribution in [0.3, 0.4) is 0 Å². The van der Waals surface area contributed by atoms with Crippen molar-refractivity contribution in [2.45, 2.75) is 18.9 Å². The zero-order valence-corrected chi connectivity index (χ0v) is 15.0. The van der Waals surface area contributed by atoms with Crippen LogP contribution in [0, 0.1) is 0 Å². The summed E-state index contributed by atoms with van der Waals surface area (Å²) in [5.41, 5.74) is 1.67. The van der Waals surface area contributed by atoms with E-state index in [0.717, 1.165) is 18.4 Å². The number of anilines is 1. The fourth-order valence-electron chi connectivity index (χ4n) is 2.63. The summed E-state index contributed by atoms with van der Waals surface area (Å²) in [6.07, 6.45) is 1.98. The van der Waals surface area contributed by atoms with E-state index in [2.05, 4.69) is 15.8 Å². The van der Waals surface area contributed by atoms with Gasteiger partial charge in [-0.1, -0.05) is 41.0 Å². The lowest BCUT2D eigenvalue weighted by atomic mass is 10.1. The summed E-state index contributed by atoms with van der Waals surface area (Å²) in [4.78, 5) is 24.9. The molecule has 4 rings (SSSR count). The minimum absolute atomic E-state index is 0.113. The lowest BCUT2D eigenvalue weighted by Crippen LogP contribution is -2.27. The van der Waals surface area contributed by atoms with E-state index in [1.807, 2.05) is 6.07 Å². The molecule has 7 heteroatoms. The number of carbonyl (C=O) groups excluding carboxylic acids is 2. The van der Waals surface area contributed by atoms with Gasteiger partial charge in [-0.15, -0.1) is 0 Å². The van der Waals surface area contributed by atoms with Crippen molar-refractivity contribution >= 4 is 29.1 Å². The molecule has 0 bridgehead atoms. The molecule has 1 aliphatic carbocycles. The molecule has 136 valence electrons. The highest BCUT2D eigenvalue weighted by Gasteiger charge is 2.25. The highest BCUT2D eigenvalue weighted by molar-refractivity contribution is 6.30. The molecule has 6 nitrogen and oxygen atoms in total. The van der Waals surface area contributed by atoms with Gasteiger partial charge in [-0.25, -0.2) is 0 Å². The Morgan fingerprint density at radius 2 is 1.85 bits per heavy atom. The van der Waals surface area contributed by atoms with Gasteiger partial charge in [0.05, 0.1) is 11.3 Å². The van der Waals surface area contributed by atoms with Gasteiger partial charge < -0.3 is 15.2 Å². The van der Waals surface area contributed by atoms with Crippen LogP contribution in [0.5, 0.6) is 0 Å². The lowest BCUT2D eigenvalue weighted by Gasteiger charge is -2.10. The smallest absolute Gasteiger partial charge is 0.277 e. The third-order valence-electron chi connectivity index (χ3n) is 4.18. The van der Waals surface area contributed by atoms with Crippen molar-refractivity contribution in [3.63, 3.8) is 0 Å². The maximum Gasteiger partial charge on any atom is 0.277 e. The maximum absolute atomic E-state index is 12.5. The van der Waals surface area contributed by atoms with E-state index < -0.39 is 5.91 Å². The minimum atomic E-state index is -0.460. The molecule has 2 amide bonds. The van der Waals surface area contributed by atoms with Crippen LogP contribution >= 0.6 is 11.6 Å². The molecular weight excluding hydrogens is 366 g/mol. The average molecular weight is 382 g/mol. The highest BCUT2D eigenvalue weighted by atomic mass is 35.5. The summed E-state index contributed by atoms with van der Waals surface area (Å²) in [6, 6.07) is 15.7. The quantitative estimate of drug-likeness (QED) is 0.695. The first-order valence-corrected chi connectivity index (χ1v) is 8.92. The SMILES string of the molecule is O=C(Nc1ccccc1C(=O)NC1CC1)c1cc(-c2cccc(Cl)c2)on1. The van der Waals surface area contributed by atoms with Gasteiger partial charge in [0.2, 0.25) is 0 Å². The first-order chi connectivity index (χ1) is 13.1. The molecule has 3 aromatic rings. The molecule has 1 aliphatic rings. The second-order valence-corrected chi connectivity index (χ2v) is 6.77. The van der Waals surface area contributed by atoms with Crippen LogP contribution in [-0.2, 0) is 0 Å². The van der Waals surface area contributed by atoms with Gasteiger partial charge in [0, 0.05) is 22.7 Å². The van der Waals surface area contributed by atoms with Crippen LogP contribution in [0.15, 0.2) is 59.1 Å². The molecule has 2 N–H and O–H groups in total. The predicted molar refractivity (Wildman–Crippen MR) is 102 cm³/mol. The molecular formula is C20H16ClN3O3. The normalized spacial score (nSPS) is 13.2. The van der Waals surface area contributed by atoms with Crippen LogP contribution in [0.25, 0.3) is 11.3 Å². The Labute approximate surface area is 160 Å². The van der Waals surface area contributed by atoms with Crippen molar-refractivity contribution in [2.75, 3.05) is 5.32 Å². The molecule has 0 radical (unpaired) electrons. The van der Waals surface area contributed by atoms with Gasteiger partial charge in [-0.2, -0.15) is 0 Å². The van der Waals surface area contributed by atoms with Gasteiger partial charge in [-0.05, 0) is 37.1 Å². The lowest BCUT2D eigenvalue weighted by molar-refractivity contribution is 0.0952. The molecule has 0 atom stereocenters. The van der Waals surface area contributed by atoms with Gasteiger partial charge >= 0.3 is 0 Å². The average Bonchev–Trinajstić information content (AvgIpc) is 3.33. The first kappa shape index (κ1) is 17.3. The van der Waals surface area contributed by atoms with Crippen molar-refractivity contribution in [2.24, 2.45) is 0 Å². The summed E-state index contributed by atoms with van der Waals surface area (Å²) in [5.74, 6) is -0.228. The number of hydrogen-bond donors (Lipinski definition) is 2. The Bertz CT molecular complexity index is 1010. The topological polar surface area (TPSA) is 84.2 Å². The Kier molecular flexibility index (Phi) is 4.64. The fourth-order valence-corrected chi connectivity index (χ4v) is 2.82. The zero-order chi connectivity index (χ0) is 18.8. The van der Waals surface area contributed by atoms with E-state index in [1.54, 1.807) is 42.5 Å². The zero-order valence-electron chi connectivity index (χ0n) is 14.2. The summed E-state index contributed by atoms with van der Waals surface area (Å²) in [5, 5.41) is 10.0. The molecule has 0 spiro atoms. The fraction of sp³-hybridized carbons (Fsp3) is 0.150. The number of halogens is 1. The van der Waals surface area contributed by atoms with Crippen LogP contribution in [-0.4, -0.2) is 23.0 Å². The molecule has 1 saturated carbocycles. The molecule has 1 aromatic heterocycles. The second-order valence-electron chi connectivity index (χ2n) is 6.33. The Morgan fingerprint density at radius 3 is 2.63 bits per heavy atom. The van der Waals surface area contributed by atoms with Crippen LogP contribution in [0.4, 0.5) is 5.69 Å². The van der Waals surface area contributed by atoms with Crippen LogP contribution in [0.1, 0.15) is 33.7 Å². The van der Waals surface area contributed by atoms with Crippen molar-refractivity contribution in [1.29, 1.82) is 0 Å². The third kappa shape index (κ3) is 4.01. The van der Waals surface area contributed by atoms with E-state index in [-0.39, 0.29) is 17.6 Å². The number of hydrogen-bond acceptors (Lipinski definition) is 4.